The number of rotatable bonds is 3. The van der Waals surface area contributed by atoms with Gasteiger partial charge < -0.3 is 10.2 Å². The van der Waals surface area contributed by atoms with Crippen LogP contribution < -0.4 is 5.43 Å². The molecule has 20 heavy (non-hydrogen) atoms. The normalized spacial score (nSPS) is 10.9. The predicted molar refractivity (Wildman–Crippen MR) is 75.7 cm³/mol. The fourth-order valence-corrected chi connectivity index (χ4v) is 2.05. The van der Waals surface area contributed by atoms with Crippen molar-refractivity contribution in [2.24, 2.45) is 12.1 Å². The second kappa shape index (κ2) is 5.74. The van der Waals surface area contributed by atoms with Crippen LogP contribution in [0.4, 0.5) is 0 Å². The van der Waals surface area contributed by atoms with E-state index in [-0.39, 0.29) is 11.5 Å². The van der Waals surface area contributed by atoms with Gasteiger partial charge in [-0.15, -0.1) is 0 Å². The smallest absolute Gasteiger partial charge is 0.290 e. The first kappa shape index (κ1) is 14.1. The number of nitrogens with zero attached hydrogens (tertiary/aromatic N) is 3. The zero-order valence-electron chi connectivity index (χ0n) is 10.4. The number of hydrogen-bond acceptors (Lipinski definition) is 5. The molecule has 104 valence electrons. The average Bonchev–Trinajstić information content (AvgIpc) is 2.71. The van der Waals surface area contributed by atoms with Crippen LogP contribution in [-0.4, -0.2) is 32.1 Å². The molecule has 7 nitrogen and oxygen atoms in total. The number of aryl methyl sites for hydroxylation is 1. The molecule has 0 fully saturated rings. The van der Waals surface area contributed by atoms with Gasteiger partial charge in [-0.05, 0) is 28.1 Å². The van der Waals surface area contributed by atoms with E-state index in [0.717, 1.165) is 0 Å². The minimum absolute atomic E-state index is 0.0532. The quantitative estimate of drug-likeness (QED) is 0.581. The van der Waals surface area contributed by atoms with E-state index in [0.29, 0.717) is 15.7 Å². The number of benzene rings is 1. The van der Waals surface area contributed by atoms with Crippen molar-refractivity contribution in [1.82, 2.24) is 15.2 Å². The molecule has 3 N–H and O–H groups in total. The number of halogens is 1. The molecular weight excluding hydrogens is 328 g/mol. The Morgan fingerprint density at radius 1 is 1.50 bits per heavy atom. The molecule has 8 heteroatoms. The van der Waals surface area contributed by atoms with Crippen molar-refractivity contribution >= 4 is 28.1 Å². The van der Waals surface area contributed by atoms with Gasteiger partial charge in [0, 0.05) is 18.7 Å². The van der Waals surface area contributed by atoms with Crippen LogP contribution in [0.2, 0.25) is 0 Å². The highest BCUT2D eigenvalue weighted by Crippen LogP contribution is 2.20. The van der Waals surface area contributed by atoms with Crippen molar-refractivity contribution in [1.29, 1.82) is 0 Å². The Kier molecular flexibility index (Phi) is 4.04. The second-order valence-corrected chi connectivity index (χ2v) is 4.76. The first-order valence-corrected chi connectivity index (χ1v) is 6.31. The van der Waals surface area contributed by atoms with Gasteiger partial charge in [0.2, 0.25) is 0 Å². The van der Waals surface area contributed by atoms with Crippen molar-refractivity contribution in [2.45, 2.75) is 0 Å². The van der Waals surface area contributed by atoms with Crippen LogP contribution in [0.15, 0.2) is 34.0 Å². The standard InChI is InChI=1S/C12H11BrN4O3/c1-17-11(9(13)6-15-17)12(20)16-14-5-7-2-3-8(18)4-10(7)19/h2-6,18-19H,1H3,(H,16,20)/b14-5-. The zero-order chi connectivity index (χ0) is 14.7. The molecule has 0 atom stereocenters. The minimum atomic E-state index is -0.439. The summed E-state index contributed by atoms with van der Waals surface area (Å²) in [5.41, 5.74) is 3.02. The third-order valence-electron chi connectivity index (χ3n) is 2.49. The second-order valence-electron chi connectivity index (χ2n) is 3.91. The third-order valence-corrected chi connectivity index (χ3v) is 3.07. The van der Waals surface area contributed by atoms with Crippen LogP contribution in [0.5, 0.6) is 11.5 Å². The summed E-state index contributed by atoms with van der Waals surface area (Å²) in [4.78, 5) is 11.9. The predicted octanol–water partition coefficient (Wildman–Crippen LogP) is 1.36. The van der Waals surface area contributed by atoms with E-state index in [2.05, 4.69) is 31.6 Å². The molecule has 0 radical (unpaired) electrons. The Labute approximate surface area is 122 Å². The molecule has 1 heterocycles. The summed E-state index contributed by atoms with van der Waals surface area (Å²) >= 11 is 3.21. The summed E-state index contributed by atoms with van der Waals surface area (Å²) in [6.45, 7) is 0. The summed E-state index contributed by atoms with van der Waals surface area (Å²) in [6, 6.07) is 4.06. The van der Waals surface area contributed by atoms with Gasteiger partial charge >= 0.3 is 0 Å². The first-order valence-electron chi connectivity index (χ1n) is 5.52. The molecule has 0 spiro atoms. The Hall–Kier alpha value is -2.35. The maximum absolute atomic E-state index is 11.9. The van der Waals surface area contributed by atoms with Crippen molar-refractivity contribution in [3.63, 3.8) is 0 Å². The molecular formula is C12H11BrN4O3. The zero-order valence-corrected chi connectivity index (χ0v) is 12.0. The number of aromatic nitrogens is 2. The van der Waals surface area contributed by atoms with Crippen LogP contribution in [-0.2, 0) is 7.05 Å². The molecule has 2 aromatic rings. The molecule has 0 aliphatic carbocycles. The molecule has 0 aliphatic heterocycles. The van der Waals surface area contributed by atoms with Crippen molar-refractivity contribution in [3.8, 4) is 11.5 Å². The fraction of sp³-hybridized carbons (Fsp3) is 0.0833. The monoisotopic (exact) mass is 338 g/mol. The van der Waals surface area contributed by atoms with Crippen molar-refractivity contribution in [2.75, 3.05) is 0 Å². The maximum Gasteiger partial charge on any atom is 0.290 e. The SMILES string of the molecule is Cn1ncc(Br)c1C(=O)N/N=C\c1ccc(O)cc1O. The Balaban J connectivity index is 2.09. The number of hydrogen-bond donors (Lipinski definition) is 3. The van der Waals surface area contributed by atoms with Gasteiger partial charge in [0.15, 0.2) is 0 Å². The average molecular weight is 339 g/mol. The Morgan fingerprint density at radius 2 is 2.25 bits per heavy atom. The number of carbonyl (C=O) groups excluding carboxylic acids is 1. The molecule has 0 saturated carbocycles. The van der Waals surface area contributed by atoms with Crippen LogP contribution in [0.1, 0.15) is 16.1 Å². The summed E-state index contributed by atoms with van der Waals surface area (Å²) in [7, 11) is 1.63. The molecule has 2 rings (SSSR count). The van der Waals surface area contributed by atoms with E-state index in [1.54, 1.807) is 7.05 Å². The van der Waals surface area contributed by atoms with Crippen LogP contribution in [0.25, 0.3) is 0 Å². The lowest BCUT2D eigenvalue weighted by Gasteiger charge is -2.02. The van der Waals surface area contributed by atoms with Crippen LogP contribution in [0.3, 0.4) is 0 Å². The van der Waals surface area contributed by atoms with Gasteiger partial charge in [0.25, 0.3) is 5.91 Å². The molecule has 1 aromatic carbocycles. The van der Waals surface area contributed by atoms with Crippen LogP contribution in [0, 0.1) is 0 Å². The van der Waals surface area contributed by atoms with E-state index in [4.69, 9.17) is 5.11 Å². The highest BCUT2D eigenvalue weighted by atomic mass is 79.9. The van der Waals surface area contributed by atoms with Gasteiger partial charge in [-0.25, -0.2) is 5.43 Å². The van der Waals surface area contributed by atoms with E-state index in [1.165, 1.54) is 35.3 Å². The van der Waals surface area contributed by atoms with Crippen molar-refractivity contribution < 1.29 is 15.0 Å². The number of aromatic hydroxyl groups is 2. The van der Waals surface area contributed by atoms with E-state index >= 15 is 0 Å². The minimum Gasteiger partial charge on any atom is -0.508 e. The lowest BCUT2D eigenvalue weighted by Crippen LogP contribution is -2.21. The molecule has 0 unspecified atom stereocenters. The number of amides is 1. The Morgan fingerprint density at radius 3 is 2.85 bits per heavy atom. The van der Waals surface area contributed by atoms with Gasteiger partial charge in [-0.3, -0.25) is 9.48 Å². The lowest BCUT2D eigenvalue weighted by atomic mass is 10.2. The fourth-order valence-electron chi connectivity index (χ4n) is 1.52. The van der Waals surface area contributed by atoms with E-state index in [1.807, 2.05) is 0 Å². The first-order chi connectivity index (χ1) is 9.49. The molecule has 1 amide bonds. The highest BCUT2D eigenvalue weighted by Gasteiger charge is 2.14. The van der Waals surface area contributed by atoms with Crippen molar-refractivity contribution in [3.05, 3.63) is 40.1 Å². The summed E-state index contributed by atoms with van der Waals surface area (Å²) in [5, 5.41) is 26.3. The van der Waals surface area contributed by atoms with Gasteiger partial charge in [-0.2, -0.15) is 10.2 Å². The molecule has 0 saturated heterocycles. The largest absolute Gasteiger partial charge is 0.508 e. The molecule has 0 aliphatic rings. The molecule has 1 aromatic heterocycles. The van der Waals surface area contributed by atoms with Gasteiger partial charge in [0.05, 0.1) is 16.9 Å². The summed E-state index contributed by atoms with van der Waals surface area (Å²) < 4.78 is 1.97. The topological polar surface area (TPSA) is 99.7 Å². The van der Waals surface area contributed by atoms with Crippen LogP contribution >= 0.6 is 15.9 Å². The van der Waals surface area contributed by atoms with Gasteiger partial charge in [0.1, 0.15) is 17.2 Å². The summed E-state index contributed by atoms with van der Waals surface area (Å²) in [5.74, 6) is -0.626. The number of nitrogens with one attached hydrogen (secondary N) is 1. The Bertz CT molecular complexity index is 662. The number of hydrazone groups is 1. The number of phenolic OH excluding ortho intramolecular Hbond substituents is 2. The lowest BCUT2D eigenvalue weighted by molar-refractivity contribution is 0.0945. The number of carbonyl (C=O) groups is 1. The third kappa shape index (κ3) is 2.97. The highest BCUT2D eigenvalue weighted by molar-refractivity contribution is 9.10. The van der Waals surface area contributed by atoms with E-state index in [9.17, 15) is 9.90 Å². The van der Waals surface area contributed by atoms with Gasteiger partial charge in [-0.1, -0.05) is 0 Å². The van der Waals surface area contributed by atoms with E-state index < -0.39 is 5.91 Å². The number of phenols is 2. The maximum atomic E-state index is 11.9. The summed E-state index contributed by atoms with van der Waals surface area (Å²) in [6.07, 6.45) is 2.78. The molecule has 0 bridgehead atoms.